The standard InChI is InChI=1S/C25H22O5/c1-17-8-4-6-10-20(17)25(27)30-23-11-7-5-9-18(23)12-14-22(26)21-16-19(28-2)13-15-24(21)29-3/h4-16H,1-3H3. The average molecular weight is 402 g/mol. The van der Waals surface area contributed by atoms with Crippen LogP contribution in [0.5, 0.6) is 17.2 Å². The van der Waals surface area contributed by atoms with Crippen LogP contribution in [0, 0.1) is 6.92 Å². The highest BCUT2D eigenvalue weighted by atomic mass is 16.5. The quantitative estimate of drug-likeness (QED) is 0.237. The van der Waals surface area contributed by atoms with E-state index >= 15 is 0 Å². The molecule has 0 fully saturated rings. The third-order valence-corrected chi connectivity index (χ3v) is 4.57. The highest BCUT2D eigenvalue weighted by Gasteiger charge is 2.14. The normalized spacial score (nSPS) is 10.6. The van der Waals surface area contributed by atoms with Crippen molar-refractivity contribution >= 4 is 17.8 Å². The topological polar surface area (TPSA) is 61.8 Å². The van der Waals surface area contributed by atoms with Crippen LogP contribution in [-0.2, 0) is 0 Å². The first-order chi connectivity index (χ1) is 14.5. The van der Waals surface area contributed by atoms with Gasteiger partial charge < -0.3 is 14.2 Å². The van der Waals surface area contributed by atoms with Gasteiger partial charge in [0.15, 0.2) is 5.78 Å². The molecule has 3 aromatic rings. The second kappa shape index (κ2) is 9.56. The Morgan fingerprint density at radius 1 is 0.800 bits per heavy atom. The summed E-state index contributed by atoms with van der Waals surface area (Å²) < 4.78 is 16.1. The average Bonchev–Trinajstić information content (AvgIpc) is 2.78. The van der Waals surface area contributed by atoms with Crippen molar-refractivity contribution < 1.29 is 23.8 Å². The van der Waals surface area contributed by atoms with Gasteiger partial charge >= 0.3 is 5.97 Å². The van der Waals surface area contributed by atoms with Crippen molar-refractivity contribution in [3.05, 3.63) is 95.1 Å². The van der Waals surface area contributed by atoms with Gasteiger partial charge in [-0.2, -0.15) is 0 Å². The zero-order valence-corrected chi connectivity index (χ0v) is 17.0. The number of carbonyl (C=O) groups is 2. The molecule has 0 unspecified atom stereocenters. The molecule has 3 rings (SSSR count). The van der Waals surface area contributed by atoms with Gasteiger partial charge in [-0.15, -0.1) is 0 Å². The zero-order valence-electron chi connectivity index (χ0n) is 17.0. The van der Waals surface area contributed by atoms with Gasteiger partial charge in [-0.1, -0.05) is 36.4 Å². The van der Waals surface area contributed by atoms with Crippen LogP contribution in [0.2, 0.25) is 0 Å². The summed E-state index contributed by atoms with van der Waals surface area (Å²) in [6, 6.07) is 19.3. The molecule has 30 heavy (non-hydrogen) atoms. The molecule has 0 heterocycles. The van der Waals surface area contributed by atoms with Crippen molar-refractivity contribution in [1.82, 2.24) is 0 Å². The largest absolute Gasteiger partial charge is 0.497 e. The molecule has 0 bridgehead atoms. The number of hydrogen-bond acceptors (Lipinski definition) is 5. The molecule has 0 aliphatic heterocycles. The van der Waals surface area contributed by atoms with Crippen LogP contribution in [0.25, 0.3) is 6.08 Å². The predicted molar refractivity (Wildman–Crippen MR) is 115 cm³/mol. The fraction of sp³-hybridized carbons (Fsp3) is 0.120. The summed E-state index contributed by atoms with van der Waals surface area (Å²) in [7, 11) is 3.04. The van der Waals surface area contributed by atoms with Crippen molar-refractivity contribution in [3.63, 3.8) is 0 Å². The Morgan fingerprint density at radius 3 is 2.27 bits per heavy atom. The Hall–Kier alpha value is -3.86. The van der Waals surface area contributed by atoms with Crippen LogP contribution in [-0.4, -0.2) is 26.0 Å². The van der Waals surface area contributed by atoms with Crippen molar-refractivity contribution in [1.29, 1.82) is 0 Å². The van der Waals surface area contributed by atoms with Gasteiger partial charge in [-0.05, 0) is 55.0 Å². The van der Waals surface area contributed by atoms with E-state index in [1.807, 2.05) is 19.1 Å². The first-order valence-electron chi connectivity index (χ1n) is 9.34. The number of para-hydroxylation sites is 1. The SMILES string of the molecule is COc1ccc(OC)c(C(=O)C=Cc2ccccc2OC(=O)c2ccccc2C)c1. The molecule has 0 saturated carbocycles. The maximum Gasteiger partial charge on any atom is 0.343 e. The lowest BCUT2D eigenvalue weighted by molar-refractivity contribution is 0.0733. The van der Waals surface area contributed by atoms with E-state index in [4.69, 9.17) is 14.2 Å². The number of ether oxygens (including phenoxy) is 3. The zero-order chi connectivity index (χ0) is 21.5. The number of carbonyl (C=O) groups excluding carboxylic acids is 2. The van der Waals surface area contributed by atoms with E-state index in [9.17, 15) is 9.59 Å². The number of esters is 1. The lowest BCUT2D eigenvalue weighted by atomic mass is 10.1. The summed E-state index contributed by atoms with van der Waals surface area (Å²) >= 11 is 0. The Labute approximate surface area is 175 Å². The van der Waals surface area contributed by atoms with Gasteiger partial charge in [0.25, 0.3) is 0 Å². The summed E-state index contributed by atoms with van der Waals surface area (Å²) in [5, 5.41) is 0. The molecule has 5 nitrogen and oxygen atoms in total. The second-order valence-electron chi connectivity index (χ2n) is 6.51. The van der Waals surface area contributed by atoms with Gasteiger partial charge in [-0.25, -0.2) is 4.79 Å². The third-order valence-electron chi connectivity index (χ3n) is 4.57. The van der Waals surface area contributed by atoms with E-state index in [0.29, 0.717) is 33.9 Å². The van der Waals surface area contributed by atoms with Crippen molar-refractivity contribution in [2.45, 2.75) is 6.92 Å². The molecule has 0 radical (unpaired) electrons. The maximum atomic E-state index is 12.7. The molecule has 0 aromatic heterocycles. The molecule has 3 aromatic carbocycles. The molecule has 0 aliphatic rings. The molecular formula is C25H22O5. The van der Waals surface area contributed by atoms with E-state index in [0.717, 1.165) is 5.56 Å². The molecule has 0 atom stereocenters. The lowest BCUT2D eigenvalue weighted by Crippen LogP contribution is -2.10. The third kappa shape index (κ3) is 4.75. The molecule has 0 N–H and O–H groups in total. The van der Waals surface area contributed by atoms with Crippen LogP contribution in [0.4, 0.5) is 0 Å². The van der Waals surface area contributed by atoms with Gasteiger partial charge in [0, 0.05) is 5.56 Å². The van der Waals surface area contributed by atoms with E-state index in [2.05, 4.69) is 0 Å². The van der Waals surface area contributed by atoms with Crippen LogP contribution >= 0.6 is 0 Å². The molecule has 0 saturated heterocycles. The number of allylic oxidation sites excluding steroid dienone is 1. The Morgan fingerprint density at radius 2 is 1.53 bits per heavy atom. The van der Waals surface area contributed by atoms with E-state index in [1.165, 1.54) is 20.3 Å². The second-order valence-corrected chi connectivity index (χ2v) is 6.51. The number of aryl methyl sites for hydroxylation is 1. The Balaban J connectivity index is 1.84. The van der Waals surface area contributed by atoms with Gasteiger partial charge in [0.05, 0.1) is 25.3 Å². The molecule has 0 aliphatic carbocycles. The van der Waals surface area contributed by atoms with Crippen LogP contribution in [0.3, 0.4) is 0 Å². The number of rotatable bonds is 7. The Kier molecular flexibility index (Phi) is 6.65. The van der Waals surface area contributed by atoms with E-state index in [1.54, 1.807) is 60.7 Å². The predicted octanol–water partition coefficient (Wildman–Crippen LogP) is 5.13. The lowest BCUT2D eigenvalue weighted by Gasteiger charge is -2.09. The summed E-state index contributed by atoms with van der Waals surface area (Å²) in [5.74, 6) is 0.665. The first kappa shape index (κ1) is 20.9. The molecule has 0 amide bonds. The number of methoxy groups -OCH3 is 2. The van der Waals surface area contributed by atoms with Crippen LogP contribution < -0.4 is 14.2 Å². The first-order valence-corrected chi connectivity index (χ1v) is 9.34. The summed E-state index contributed by atoms with van der Waals surface area (Å²) in [6.07, 6.45) is 3.03. The van der Waals surface area contributed by atoms with E-state index in [-0.39, 0.29) is 5.78 Å². The highest BCUT2D eigenvalue weighted by Crippen LogP contribution is 2.26. The molecular weight excluding hydrogens is 380 g/mol. The Bertz CT molecular complexity index is 1100. The summed E-state index contributed by atoms with van der Waals surface area (Å²) in [5.41, 5.74) is 2.31. The minimum absolute atomic E-state index is 0.259. The number of benzene rings is 3. The molecule has 0 spiro atoms. The fourth-order valence-electron chi connectivity index (χ4n) is 2.93. The summed E-state index contributed by atoms with van der Waals surface area (Å²) in [4.78, 5) is 25.3. The van der Waals surface area contributed by atoms with Gasteiger partial charge in [0.1, 0.15) is 17.2 Å². The van der Waals surface area contributed by atoms with Crippen molar-refractivity contribution in [3.8, 4) is 17.2 Å². The summed E-state index contributed by atoms with van der Waals surface area (Å²) in [6.45, 7) is 1.85. The fourth-order valence-corrected chi connectivity index (χ4v) is 2.93. The smallest absolute Gasteiger partial charge is 0.343 e. The highest BCUT2D eigenvalue weighted by molar-refractivity contribution is 6.09. The minimum Gasteiger partial charge on any atom is -0.497 e. The van der Waals surface area contributed by atoms with Crippen LogP contribution in [0.15, 0.2) is 72.8 Å². The van der Waals surface area contributed by atoms with Gasteiger partial charge in [0.2, 0.25) is 0 Å². The number of ketones is 1. The van der Waals surface area contributed by atoms with Gasteiger partial charge in [-0.3, -0.25) is 4.79 Å². The van der Waals surface area contributed by atoms with Crippen LogP contribution in [0.1, 0.15) is 31.8 Å². The minimum atomic E-state index is -0.449. The molecule has 152 valence electrons. The number of hydrogen-bond donors (Lipinski definition) is 0. The maximum absolute atomic E-state index is 12.7. The monoisotopic (exact) mass is 402 g/mol. The van der Waals surface area contributed by atoms with Crippen molar-refractivity contribution in [2.75, 3.05) is 14.2 Å². The molecule has 5 heteroatoms. The van der Waals surface area contributed by atoms with Crippen molar-refractivity contribution in [2.24, 2.45) is 0 Å². The van der Waals surface area contributed by atoms with E-state index < -0.39 is 5.97 Å².